The molecule has 1 atom stereocenters. The first-order valence-electron chi connectivity index (χ1n) is 10.1. The number of nitrogens with one attached hydrogen (secondary N) is 1. The van der Waals surface area contributed by atoms with Crippen LogP contribution in [0.4, 0.5) is 0 Å². The van der Waals surface area contributed by atoms with Crippen LogP contribution in [0.1, 0.15) is 34.5 Å². The summed E-state index contributed by atoms with van der Waals surface area (Å²) in [6, 6.07) is 25.6. The summed E-state index contributed by atoms with van der Waals surface area (Å²) >= 11 is 0. The molecule has 160 valence electrons. The molecule has 8 nitrogen and oxygen atoms in total. The summed E-state index contributed by atoms with van der Waals surface area (Å²) in [5.41, 5.74) is 2.76. The summed E-state index contributed by atoms with van der Waals surface area (Å²) < 4.78 is 6.86. The Bertz CT molecular complexity index is 1140. The molecule has 4 rings (SSSR count). The third-order valence-electron chi connectivity index (χ3n) is 4.90. The Morgan fingerprint density at radius 1 is 0.906 bits per heavy atom. The zero-order chi connectivity index (χ0) is 22.3. The fourth-order valence-corrected chi connectivity index (χ4v) is 3.25. The number of esters is 1. The van der Waals surface area contributed by atoms with Gasteiger partial charge in [0.25, 0.3) is 5.91 Å². The van der Waals surface area contributed by atoms with Crippen molar-refractivity contribution in [1.82, 2.24) is 25.5 Å². The number of ether oxygens (including phenoxy) is 1. The highest BCUT2D eigenvalue weighted by Crippen LogP contribution is 2.22. The smallest absolute Gasteiger partial charge is 0.338 e. The van der Waals surface area contributed by atoms with E-state index in [1.54, 1.807) is 31.2 Å². The predicted octanol–water partition coefficient (Wildman–Crippen LogP) is 3.11. The van der Waals surface area contributed by atoms with Gasteiger partial charge in [0.05, 0.1) is 17.3 Å². The van der Waals surface area contributed by atoms with Gasteiger partial charge >= 0.3 is 5.97 Å². The molecule has 0 saturated carbocycles. The zero-order valence-corrected chi connectivity index (χ0v) is 17.3. The topological polar surface area (TPSA) is 99.0 Å². The number of rotatable bonds is 7. The second-order valence-corrected chi connectivity index (χ2v) is 7.12. The lowest BCUT2D eigenvalue weighted by Gasteiger charge is -2.22. The lowest BCUT2D eigenvalue weighted by atomic mass is 9.98. The minimum atomic E-state index is -0.992. The molecule has 4 aromatic rings. The molecule has 1 unspecified atom stereocenters. The van der Waals surface area contributed by atoms with Gasteiger partial charge in [-0.15, -0.1) is 5.10 Å². The summed E-state index contributed by atoms with van der Waals surface area (Å²) in [5, 5.41) is 14.0. The highest BCUT2D eigenvalue weighted by Gasteiger charge is 2.23. The van der Waals surface area contributed by atoms with Crippen LogP contribution in [0.25, 0.3) is 5.69 Å². The minimum absolute atomic E-state index is 0.292. The molecule has 0 aliphatic carbocycles. The molecule has 0 aliphatic rings. The molecule has 0 spiro atoms. The molecule has 8 heteroatoms. The Labute approximate surface area is 184 Å². The number of tetrazole rings is 1. The van der Waals surface area contributed by atoms with Gasteiger partial charge in [-0.25, -0.2) is 9.48 Å². The van der Waals surface area contributed by atoms with Gasteiger partial charge in [0.1, 0.15) is 6.33 Å². The van der Waals surface area contributed by atoms with E-state index in [1.807, 2.05) is 60.7 Å². The molecule has 1 N–H and O–H groups in total. The van der Waals surface area contributed by atoms with E-state index in [9.17, 15) is 9.59 Å². The van der Waals surface area contributed by atoms with E-state index in [4.69, 9.17) is 4.74 Å². The van der Waals surface area contributed by atoms with Crippen LogP contribution in [-0.4, -0.2) is 38.2 Å². The second kappa shape index (κ2) is 9.65. The predicted molar refractivity (Wildman–Crippen MR) is 117 cm³/mol. The maximum Gasteiger partial charge on any atom is 0.338 e. The first-order chi connectivity index (χ1) is 15.6. The van der Waals surface area contributed by atoms with Crippen LogP contribution >= 0.6 is 0 Å². The van der Waals surface area contributed by atoms with E-state index in [0.29, 0.717) is 11.3 Å². The number of carbonyl (C=O) groups excluding carboxylic acids is 2. The van der Waals surface area contributed by atoms with Crippen molar-refractivity contribution in [3.05, 3.63) is 108 Å². The van der Waals surface area contributed by atoms with Gasteiger partial charge in [0, 0.05) is 0 Å². The maximum absolute atomic E-state index is 12.9. The monoisotopic (exact) mass is 427 g/mol. The molecule has 1 amide bonds. The van der Waals surface area contributed by atoms with Crippen molar-refractivity contribution >= 4 is 11.9 Å². The summed E-state index contributed by atoms with van der Waals surface area (Å²) in [4.78, 5) is 25.5. The number of carbonyl (C=O) groups is 2. The van der Waals surface area contributed by atoms with Gasteiger partial charge in [-0.1, -0.05) is 66.7 Å². The van der Waals surface area contributed by atoms with Crippen molar-refractivity contribution in [3.63, 3.8) is 0 Å². The van der Waals surface area contributed by atoms with Crippen LogP contribution in [0.5, 0.6) is 0 Å². The van der Waals surface area contributed by atoms with Crippen LogP contribution in [0.2, 0.25) is 0 Å². The van der Waals surface area contributed by atoms with Crippen molar-refractivity contribution in [3.8, 4) is 5.69 Å². The molecule has 0 radical (unpaired) electrons. The van der Waals surface area contributed by atoms with Gasteiger partial charge in [-0.3, -0.25) is 4.79 Å². The standard InChI is InChI=1S/C24H21N5O3/c1-17(32-24(31)20-13-8-14-21(15-20)29-16-25-27-28-29)23(30)26-22(18-9-4-2-5-10-18)19-11-6-3-7-12-19/h2-17,22H,1H3,(H,26,30). The summed E-state index contributed by atoms with van der Waals surface area (Å²) in [5.74, 6) is -1.01. The Kier molecular flexibility index (Phi) is 6.31. The average Bonchev–Trinajstić information content (AvgIpc) is 3.38. The maximum atomic E-state index is 12.9. The lowest BCUT2D eigenvalue weighted by molar-refractivity contribution is -0.129. The molecular formula is C24H21N5O3. The van der Waals surface area contributed by atoms with Gasteiger partial charge in [-0.2, -0.15) is 0 Å². The van der Waals surface area contributed by atoms with E-state index in [-0.39, 0.29) is 6.04 Å². The van der Waals surface area contributed by atoms with Gasteiger partial charge < -0.3 is 10.1 Å². The molecule has 0 fully saturated rings. The van der Waals surface area contributed by atoms with E-state index >= 15 is 0 Å². The van der Waals surface area contributed by atoms with Gasteiger partial charge in [-0.05, 0) is 46.7 Å². The molecule has 1 aromatic heterocycles. The number of amides is 1. The first kappa shape index (κ1) is 20.9. The van der Waals surface area contributed by atoms with Crippen LogP contribution in [0.3, 0.4) is 0 Å². The molecule has 0 bridgehead atoms. The van der Waals surface area contributed by atoms with E-state index in [2.05, 4.69) is 20.8 Å². The van der Waals surface area contributed by atoms with Gasteiger partial charge in [0.15, 0.2) is 6.10 Å². The van der Waals surface area contributed by atoms with Crippen molar-refractivity contribution in [2.24, 2.45) is 0 Å². The van der Waals surface area contributed by atoms with Crippen molar-refractivity contribution in [2.45, 2.75) is 19.1 Å². The molecule has 32 heavy (non-hydrogen) atoms. The van der Waals surface area contributed by atoms with Crippen LogP contribution in [0.15, 0.2) is 91.3 Å². The van der Waals surface area contributed by atoms with Crippen molar-refractivity contribution in [1.29, 1.82) is 0 Å². The highest BCUT2D eigenvalue weighted by molar-refractivity contribution is 5.92. The summed E-state index contributed by atoms with van der Waals surface area (Å²) in [6.45, 7) is 1.55. The number of benzene rings is 3. The summed E-state index contributed by atoms with van der Waals surface area (Å²) in [7, 11) is 0. The Morgan fingerprint density at radius 3 is 2.16 bits per heavy atom. The Morgan fingerprint density at radius 2 is 1.56 bits per heavy atom. The molecule has 1 heterocycles. The number of nitrogens with zero attached hydrogens (tertiary/aromatic N) is 4. The fraction of sp³-hybridized carbons (Fsp3) is 0.125. The van der Waals surface area contributed by atoms with E-state index < -0.39 is 18.0 Å². The lowest BCUT2D eigenvalue weighted by Crippen LogP contribution is -2.38. The minimum Gasteiger partial charge on any atom is -0.449 e. The Hall–Kier alpha value is -4.33. The van der Waals surface area contributed by atoms with Gasteiger partial charge in [0.2, 0.25) is 0 Å². The zero-order valence-electron chi connectivity index (χ0n) is 17.3. The largest absolute Gasteiger partial charge is 0.449 e. The second-order valence-electron chi connectivity index (χ2n) is 7.12. The number of hydrogen-bond acceptors (Lipinski definition) is 6. The normalized spacial score (nSPS) is 11.7. The molecular weight excluding hydrogens is 406 g/mol. The van der Waals surface area contributed by atoms with Crippen molar-refractivity contribution < 1.29 is 14.3 Å². The number of aromatic nitrogens is 4. The fourth-order valence-electron chi connectivity index (χ4n) is 3.25. The third-order valence-corrected chi connectivity index (χ3v) is 4.90. The van der Waals surface area contributed by atoms with E-state index in [0.717, 1.165) is 11.1 Å². The summed E-state index contributed by atoms with van der Waals surface area (Å²) in [6.07, 6.45) is 0.433. The number of hydrogen-bond donors (Lipinski definition) is 1. The van der Waals surface area contributed by atoms with E-state index in [1.165, 1.54) is 11.0 Å². The third kappa shape index (κ3) is 4.86. The molecule has 3 aromatic carbocycles. The quantitative estimate of drug-likeness (QED) is 0.455. The molecule has 0 aliphatic heterocycles. The van der Waals surface area contributed by atoms with Crippen LogP contribution in [-0.2, 0) is 9.53 Å². The van der Waals surface area contributed by atoms with Crippen LogP contribution in [0, 0.1) is 0 Å². The highest BCUT2D eigenvalue weighted by atomic mass is 16.5. The average molecular weight is 427 g/mol. The Balaban J connectivity index is 1.47. The molecule has 0 saturated heterocycles. The first-order valence-corrected chi connectivity index (χ1v) is 10.1. The van der Waals surface area contributed by atoms with Crippen LogP contribution < -0.4 is 5.32 Å². The van der Waals surface area contributed by atoms with Crippen molar-refractivity contribution in [2.75, 3.05) is 0 Å². The SMILES string of the molecule is CC(OC(=O)c1cccc(-n2cnnn2)c1)C(=O)NC(c1ccccc1)c1ccccc1.